The Bertz CT molecular complexity index is 364. The van der Waals surface area contributed by atoms with Gasteiger partial charge in [-0.3, -0.25) is 0 Å². The first kappa shape index (κ1) is 12.5. The minimum Gasteiger partial charge on any atom is -0.497 e. The van der Waals surface area contributed by atoms with E-state index < -0.39 is 0 Å². The van der Waals surface area contributed by atoms with Gasteiger partial charge in [-0.05, 0) is 44.0 Å². The monoisotopic (exact) mass is 254 g/mol. The van der Waals surface area contributed by atoms with Crippen molar-refractivity contribution in [3.63, 3.8) is 0 Å². The van der Waals surface area contributed by atoms with Crippen LogP contribution in [0.4, 0.5) is 5.69 Å². The van der Waals surface area contributed by atoms with E-state index >= 15 is 0 Å². The number of nitrogens with one attached hydrogen (secondary N) is 2. The molecule has 17 heavy (non-hydrogen) atoms. The Labute approximate surface area is 107 Å². The third-order valence-corrected chi connectivity index (χ3v) is 3.53. The fourth-order valence-corrected chi connectivity index (χ4v) is 2.34. The molecule has 0 bridgehead atoms. The first-order valence-electron chi connectivity index (χ1n) is 6.07. The molecule has 0 aliphatic carbocycles. The van der Waals surface area contributed by atoms with Gasteiger partial charge < -0.3 is 15.4 Å². The molecule has 0 aromatic heterocycles. The molecule has 0 atom stereocenters. The van der Waals surface area contributed by atoms with E-state index in [4.69, 9.17) is 16.3 Å². The maximum absolute atomic E-state index is 6.17. The number of methoxy groups -OCH3 is 1. The topological polar surface area (TPSA) is 33.3 Å². The van der Waals surface area contributed by atoms with Crippen molar-refractivity contribution in [2.24, 2.45) is 5.92 Å². The lowest BCUT2D eigenvalue weighted by Crippen LogP contribution is -2.31. The van der Waals surface area contributed by atoms with Crippen molar-refractivity contribution < 1.29 is 4.74 Å². The second-order valence-electron chi connectivity index (χ2n) is 4.42. The van der Waals surface area contributed by atoms with Crippen molar-refractivity contribution >= 4 is 17.3 Å². The van der Waals surface area contributed by atoms with Crippen LogP contribution in [0.3, 0.4) is 0 Å². The van der Waals surface area contributed by atoms with Crippen LogP contribution in [0.5, 0.6) is 5.75 Å². The van der Waals surface area contributed by atoms with E-state index in [1.54, 1.807) is 7.11 Å². The molecule has 0 amide bonds. The normalized spacial score (nSPS) is 16.8. The van der Waals surface area contributed by atoms with Crippen molar-refractivity contribution in [1.82, 2.24) is 5.32 Å². The van der Waals surface area contributed by atoms with Gasteiger partial charge in [-0.25, -0.2) is 0 Å². The van der Waals surface area contributed by atoms with E-state index in [2.05, 4.69) is 10.6 Å². The van der Waals surface area contributed by atoms with E-state index in [9.17, 15) is 0 Å². The zero-order valence-corrected chi connectivity index (χ0v) is 10.9. The van der Waals surface area contributed by atoms with Crippen molar-refractivity contribution in [3.05, 3.63) is 23.2 Å². The second-order valence-corrected chi connectivity index (χ2v) is 4.83. The van der Waals surface area contributed by atoms with Gasteiger partial charge in [0.25, 0.3) is 0 Å². The maximum Gasteiger partial charge on any atom is 0.120 e. The maximum atomic E-state index is 6.17. The van der Waals surface area contributed by atoms with Crippen LogP contribution in [0, 0.1) is 5.92 Å². The molecule has 1 aliphatic rings. The lowest BCUT2D eigenvalue weighted by atomic mass is 9.98. The Hall–Kier alpha value is -0.930. The highest BCUT2D eigenvalue weighted by Gasteiger charge is 2.13. The Morgan fingerprint density at radius 1 is 1.41 bits per heavy atom. The molecular formula is C13H19ClN2O. The third-order valence-electron chi connectivity index (χ3n) is 3.22. The number of anilines is 1. The summed E-state index contributed by atoms with van der Waals surface area (Å²) < 4.78 is 5.12. The lowest BCUT2D eigenvalue weighted by molar-refractivity contribution is 0.390. The summed E-state index contributed by atoms with van der Waals surface area (Å²) in [4.78, 5) is 0. The van der Waals surface area contributed by atoms with Crippen LogP contribution < -0.4 is 15.4 Å². The number of benzene rings is 1. The summed E-state index contributed by atoms with van der Waals surface area (Å²) in [5.41, 5.74) is 0.992. The standard InChI is InChI=1S/C13H19ClN2O/c1-17-11-2-3-13(12(14)8-11)16-9-10-4-6-15-7-5-10/h2-3,8,10,15-16H,4-7,9H2,1H3. The minimum atomic E-state index is 0.721. The van der Waals surface area contributed by atoms with Crippen molar-refractivity contribution in [3.8, 4) is 5.75 Å². The predicted molar refractivity (Wildman–Crippen MR) is 72.1 cm³/mol. The van der Waals surface area contributed by atoms with Gasteiger partial charge in [0.15, 0.2) is 0 Å². The molecule has 2 N–H and O–H groups in total. The predicted octanol–water partition coefficient (Wildman–Crippen LogP) is 2.76. The van der Waals surface area contributed by atoms with Crippen LogP contribution in [0.15, 0.2) is 18.2 Å². The molecule has 3 nitrogen and oxygen atoms in total. The average Bonchev–Trinajstić information content (AvgIpc) is 2.38. The molecule has 0 saturated carbocycles. The van der Waals surface area contributed by atoms with Crippen molar-refractivity contribution in [1.29, 1.82) is 0 Å². The molecule has 0 unspecified atom stereocenters. The van der Waals surface area contributed by atoms with Crippen LogP contribution >= 0.6 is 11.6 Å². The third kappa shape index (κ3) is 3.51. The molecule has 1 saturated heterocycles. The van der Waals surface area contributed by atoms with Crippen LogP contribution in [0.2, 0.25) is 5.02 Å². The van der Waals surface area contributed by atoms with Crippen LogP contribution in [-0.4, -0.2) is 26.7 Å². The van der Waals surface area contributed by atoms with E-state index in [0.717, 1.165) is 42.0 Å². The lowest BCUT2D eigenvalue weighted by Gasteiger charge is -2.23. The number of halogens is 1. The van der Waals surface area contributed by atoms with Crippen molar-refractivity contribution in [2.45, 2.75) is 12.8 Å². The molecule has 0 spiro atoms. The molecule has 1 aromatic rings. The van der Waals surface area contributed by atoms with E-state index in [1.165, 1.54) is 12.8 Å². The summed E-state index contributed by atoms with van der Waals surface area (Å²) in [7, 11) is 1.65. The van der Waals surface area contributed by atoms with Gasteiger partial charge in [0, 0.05) is 12.6 Å². The molecule has 0 radical (unpaired) electrons. The molecular weight excluding hydrogens is 236 g/mol. The SMILES string of the molecule is COc1ccc(NCC2CCNCC2)c(Cl)c1. The molecule has 1 aromatic carbocycles. The summed E-state index contributed by atoms with van der Waals surface area (Å²) in [6.07, 6.45) is 2.47. The number of ether oxygens (including phenoxy) is 1. The Balaban J connectivity index is 1.89. The first-order chi connectivity index (χ1) is 8.29. The zero-order chi connectivity index (χ0) is 12.1. The average molecular weight is 255 g/mol. The Kier molecular flexibility index (Phi) is 4.51. The second kappa shape index (κ2) is 6.12. The van der Waals surface area contributed by atoms with Gasteiger partial charge in [0.05, 0.1) is 17.8 Å². The van der Waals surface area contributed by atoms with Gasteiger partial charge in [0.2, 0.25) is 0 Å². The van der Waals surface area contributed by atoms with Crippen LogP contribution in [0.1, 0.15) is 12.8 Å². The van der Waals surface area contributed by atoms with Gasteiger partial charge in [0.1, 0.15) is 5.75 Å². The number of hydrogen-bond donors (Lipinski definition) is 2. The first-order valence-corrected chi connectivity index (χ1v) is 6.45. The summed E-state index contributed by atoms with van der Waals surface area (Å²) in [5.74, 6) is 1.54. The smallest absolute Gasteiger partial charge is 0.120 e. The Morgan fingerprint density at radius 2 is 2.18 bits per heavy atom. The van der Waals surface area contributed by atoms with Gasteiger partial charge >= 0.3 is 0 Å². The molecule has 4 heteroatoms. The fraction of sp³-hybridized carbons (Fsp3) is 0.538. The van der Waals surface area contributed by atoms with Gasteiger partial charge in [-0.2, -0.15) is 0 Å². The molecule has 1 fully saturated rings. The fourth-order valence-electron chi connectivity index (χ4n) is 2.11. The summed E-state index contributed by atoms with van der Waals surface area (Å²) >= 11 is 6.17. The highest BCUT2D eigenvalue weighted by atomic mass is 35.5. The number of hydrogen-bond acceptors (Lipinski definition) is 3. The highest BCUT2D eigenvalue weighted by molar-refractivity contribution is 6.33. The quantitative estimate of drug-likeness (QED) is 0.867. The van der Waals surface area contributed by atoms with Gasteiger partial charge in [-0.15, -0.1) is 0 Å². The number of piperidine rings is 1. The Morgan fingerprint density at radius 3 is 2.82 bits per heavy atom. The summed E-state index contributed by atoms with van der Waals surface area (Å²) in [6.45, 7) is 3.25. The summed E-state index contributed by atoms with van der Waals surface area (Å²) in [6, 6.07) is 5.74. The van der Waals surface area contributed by atoms with Crippen molar-refractivity contribution in [2.75, 3.05) is 32.1 Å². The number of rotatable bonds is 4. The summed E-state index contributed by atoms with van der Waals surface area (Å²) in [5, 5.41) is 7.51. The van der Waals surface area contributed by atoms with E-state index in [0.29, 0.717) is 0 Å². The molecule has 1 heterocycles. The van der Waals surface area contributed by atoms with E-state index in [1.807, 2.05) is 18.2 Å². The van der Waals surface area contributed by atoms with Crippen LogP contribution in [0.25, 0.3) is 0 Å². The van der Waals surface area contributed by atoms with Crippen LogP contribution in [-0.2, 0) is 0 Å². The molecule has 94 valence electrons. The largest absolute Gasteiger partial charge is 0.497 e. The highest BCUT2D eigenvalue weighted by Crippen LogP contribution is 2.27. The minimum absolute atomic E-state index is 0.721. The van der Waals surface area contributed by atoms with E-state index in [-0.39, 0.29) is 0 Å². The zero-order valence-electron chi connectivity index (χ0n) is 10.1. The van der Waals surface area contributed by atoms with Gasteiger partial charge in [-0.1, -0.05) is 11.6 Å². The molecule has 2 rings (SSSR count). The molecule has 1 aliphatic heterocycles.